The molecule has 7 heteroatoms. The van der Waals surface area contributed by atoms with E-state index in [1.54, 1.807) is 0 Å². The van der Waals surface area contributed by atoms with Gasteiger partial charge in [0.05, 0.1) is 17.0 Å². The highest BCUT2D eigenvalue weighted by molar-refractivity contribution is 8.00. The van der Waals surface area contributed by atoms with E-state index in [1.165, 1.54) is 37.4 Å². The standard InChI is InChI=1S/C31H36N2O2S3/c1-3-5-17-36-21-26(22-37-18-6-4-2)35-30(34)23-38-31-28(20-32)27(24-13-9-7-10-14-24)19-29(33-31)25-15-11-8-12-16-25/h7-16,19,26H,3-6,17-18,21-23H2,1-2H3. The van der Waals surface area contributed by atoms with E-state index in [4.69, 9.17) is 9.72 Å². The van der Waals surface area contributed by atoms with Crippen molar-refractivity contribution in [2.75, 3.05) is 28.8 Å². The molecule has 0 aliphatic carbocycles. The molecule has 3 aromatic rings. The average molecular weight is 565 g/mol. The van der Waals surface area contributed by atoms with Gasteiger partial charge in [-0.3, -0.25) is 4.79 Å². The molecule has 1 aromatic heterocycles. The molecule has 3 rings (SSSR count). The Kier molecular flexibility index (Phi) is 13.7. The summed E-state index contributed by atoms with van der Waals surface area (Å²) in [5, 5.41) is 10.6. The maximum Gasteiger partial charge on any atom is 0.316 e. The minimum Gasteiger partial charge on any atom is -0.460 e. The molecular formula is C31H36N2O2S3. The van der Waals surface area contributed by atoms with Crippen molar-refractivity contribution in [2.45, 2.75) is 50.7 Å². The smallest absolute Gasteiger partial charge is 0.316 e. The summed E-state index contributed by atoms with van der Waals surface area (Å²) in [6, 6.07) is 24.1. The number of rotatable bonds is 16. The molecule has 0 aliphatic heterocycles. The summed E-state index contributed by atoms with van der Waals surface area (Å²) in [5.41, 5.74) is 3.98. The number of pyridine rings is 1. The van der Waals surface area contributed by atoms with Crippen LogP contribution in [0.5, 0.6) is 0 Å². The molecule has 0 bridgehead atoms. The van der Waals surface area contributed by atoms with E-state index in [2.05, 4.69) is 19.9 Å². The molecule has 0 atom stereocenters. The van der Waals surface area contributed by atoms with Crippen molar-refractivity contribution in [1.29, 1.82) is 5.26 Å². The zero-order valence-corrected chi connectivity index (χ0v) is 24.7. The summed E-state index contributed by atoms with van der Waals surface area (Å²) >= 11 is 5.00. The van der Waals surface area contributed by atoms with Crippen LogP contribution in [0.15, 0.2) is 71.8 Å². The fourth-order valence-corrected chi connectivity index (χ4v) is 6.87. The Morgan fingerprint density at radius 3 is 2.05 bits per heavy atom. The zero-order valence-electron chi connectivity index (χ0n) is 22.2. The third-order valence-electron chi connectivity index (χ3n) is 5.77. The van der Waals surface area contributed by atoms with Crippen molar-refractivity contribution in [3.63, 3.8) is 0 Å². The quantitative estimate of drug-likeness (QED) is 0.0984. The highest BCUT2D eigenvalue weighted by Crippen LogP contribution is 2.34. The van der Waals surface area contributed by atoms with Crippen LogP contribution in [0.2, 0.25) is 0 Å². The van der Waals surface area contributed by atoms with Gasteiger partial charge in [-0.05, 0) is 36.0 Å². The number of hydrogen-bond donors (Lipinski definition) is 0. The lowest BCUT2D eigenvalue weighted by Crippen LogP contribution is -2.24. The Bertz CT molecular complexity index is 1150. The van der Waals surface area contributed by atoms with Gasteiger partial charge < -0.3 is 4.74 Å². The molecular weight excluding hydrogens is 529 g/mol. The molecule has 0 radical (unpaired) electrons. The molecule has 0 unspecified atom stereocenters. The van der Waals surface area contributed by atoms with Gasteiger partial charge in [0.1, 0.15) is 17.2 Å². The van der Waals surface area contributed by atoms with Gasteiger partial charge in [0.25, 0.3) is 0 Å². The van der Waals surface area contributed by atoms with Crippen molar-refractivity contribution < 1.29 is 9.53 Å². The van der Waals surface area contributed by atoms with Crippen LogP contribution in [-0.2, 0) is 9.53 Å². The van der Waals surface area contributed by atoms with Gasteiger partial charge in [0.2, 0.25) is 0 Å². The number of carbonyl (C=O) groups is 1. The highest BCUT2D eigenvalue weighted by Gasteiger charge is 2.19. The lowest BCUT2D eigenvalue weighted by Gasteiger charge is -2.18. The molecule has 0 saturated heterocycles. The molecule has 1 heterocycles. The third kappa shape index (κ3) is 9.72. The Balaban J connectivity index is 1.77. The number of esters is 1. The van der Waals surface area contributed by atoms with E-state index in [0.717, 1.165) is 45.4 Å². The maximum atomic E-state index is 12.9. The number of nitriles is 1. The van der Waals surface area contributed by atoms with Crippen LogP contribution in [0.4, 0.5) is 0 Å². The van der Waals surface area contributed by atoms with E-state index >= 15 is 0 Å². The van der Waals surface area contributed by atoms with Gasteiger partial charge in [0, 0.05) is 22.6 Å². The number of hydrogen-bond acceptors (Lipinski definition) is 7. The van der Waals surface area contributed by atoms with Crippen LogP contribution in [0, 0.1) is 11.3 Å². The summed E-state index contributed by atoms with van der Waals surface area (Å²) in [7, 11) is 0. The first-order valence-corrected chi connectivity index (χ1v) is 16.5. The lowest BCUT2D eigenvalue weighted by molar-refractivity contribution is -0.143. The van der Waals surface area contributed by atoms with Gasteiger partial charge in [-0.1, -0.05) is 99.1 Å². The minimum absolute atomic E-state index is 0.106. The summed E-state index contributed by atoms with van der Waals surface area (Å²) < 4.78 is 5.92. The van der Waals surface area contributed by atoms with Gasteiger partial charge >= 0.3 is 5.97 Å². The molecule has 2 aromatic carbocycles. The van der Waals surface area contributed by atoms with Crippen LogP contribution in [-0.4, -0.2) is 45.8 Å². The molecule has 4 nitrogen and oxygen atoms in total. The minimum atomic E-state index is -0.260. The summed E-state index contributed by atoms with van der Waals surface area (Å²) in [5.74, 6) is 3.66. The largest absolute Gasteiger partial charge is 0.460 e. The van der Waals surface area contributed by atoms with Crippen molar-refractivity contribution in [3.8, 4) is 28.5 Å². The highest BCUT2D eigenvalue weighted by atomic mass is 32.2. The Labute approximate surface area is 240 Å². The Morgan fingerprint density at radius 1 is 0.921 bits per heavy atom. The zero-order chi connectivity index (χ0) is 27.0. The summed E-state index contributed by atoms with van der Waals surface area (Å²) in [6.45, 7) is 4.38. The first kappa shape index (κ1) is 30.1. The second kappa shape index (κ2) is 17.2. The predicted octanol–water partition coefficient (Wildman–Crippen LogP) is 8.36. The molecule has 0 saturated carbocycles. The van der Waals surface area contributed by atoms with Crippen LogP contribution in [0.1, 0.15) is 45.1 Å². The van der Waals surface area contributed by atoms with Crippen molar-refractivity contribution >= 4 is 41.3 Å². The number of benzene rings is 2. The van der Waals surface area contributed by atoms with Crippen molar-refractivity contribution in [1.82, 2.24) is 4.98 Å². The average Bonchev–Trinajstić information content (AvgIpc) is 2.96. The van der Waals surface area contributed by atoms with Gasteiger partial charge in [-0.25, -0.2) is 4.98 Å². The van der Waals surface area contributed by atoms with E-state index in [9.17, 15) is 10.1 Å². The van der Waals surface area contributed by atoms with Crippen LogP contribution in [0.3, 0.4) is 0 Å². The number of carbonyl (C=O) groups excluding carboxylic acids is 1. The van der Waals surface area contributed by atoms with Gasteiger partial charge in [-0.15, -0.1) is 0 Å². The molecule has 0 amide bonds. The second-order valence-electron chi connectivity index (χ2n) is 8.84. The molecule has 200 valence electrons. The van der Waals surface area contributed by atoms with Crippen molar-refractivity contribution in [3.05, 3.63) is 72.3 Å². The number of unbranched alkanes of at least 4 members (excludes halogenated alkanes) is 2. The SMILES string of the molecule is CCCCSCC(CSCCCC)OC(=O)CSc1nc(-c2ccccc2)cc(-c2ccccc2)c1C#N. The maximum absolute atomic E-state index is 12.9. The summed E-state index contributed by atoms with van der Waals surface area (Å²) in [4.78, 5) is 17.8. The lowest BCUT2D eigenvalue weighted by atomic mass is 9.99. The number of ether oxygens (including phenoxy) is 1. The predicted molar refractivity (Wildman–Crippen MR) is 165 cm³/mol. The fourth-order valence-electron chi connectivity index (χ4n) is 3.72. The van der Waals surface area contributed by atoms with Crippen molar-refractivity contribution in [2.24, 2.45) is 0 Å². The van der Waals surface area contributed by atoms with Crippen LogP contribution < -0.4 is 0 Å². The molecule has 0 spiro atoms. The molecule has 0 fully saturated rings. The topological polar surface area (TPSA) is 63.0 Å². The fraction of sp³-hybridized carbons (Fsp3) is 0.387. The Morgan fingerprint density at radius 2 is 1.50 bits per heavy atom. The van der Waals surface area contributed by atoms with Crippen LogP contribution >= 0.6 is 35.3 Å². The summed E-state index contributed by atoms with van der Waals surface area (Å²) in [6.07, 6.45) is 4.58. The molecule has 38 heavy (non-hydrogen) atoms. The second-order valence-corrected chi connectivity index (χ2v) is 12.1. The van der Waals surface area contributed by atoms with Gasteiger partial charge in [0.15, 0.2) is 0 Å². The number of nitrogens with zero attached hydrogens (tertiary/aromatic N) is 2. The van der Waals surface area contributed by atoms with E-state index in [1.807, 2.05) is 90.3 Å². The Hall–Kier alpha value is -2.40. The first-order chi connectivity index (χ1) is 18.7. The normalized spacial score (nSPS) is 10.9. The van der Waals surface area contributed by atoms with E-state index in [0.29, 0.717) is 10.6 Å². The van der Waals surface area contributed by atoms with Gasteiger partial charge in [-0.2, -0.15) is 28.8 Å². The molecule has 0 aliphatic rings. The third-order valence-corrected chi connectivity index (χ3v) is 9.09. The van der Waals surface area contributed by atoms with Crippen LogP contribution in [0.25, 0.3) is 22.4 Å². The molecule has 0 N–H and O–H groups in total. The van der Waals surface area contributed by atoms with E-state index in [-0.39, 0.29) is 17.8 Å². The number of thioether (sulfide) groups is 3. The monoisotopic (exact) mass is 564 g/mol. The number of aromatic nitrogens is 1. The van der Waals surface area contributed by atoms with E-state index < -0.39 is 0 Å². The first-order valence-electron chi connectivity index (χ1n) is 13.2.